The van der Waals surface area contributed by atoms with Gasteiger partial charge in [0, 0.05) is 0 Å². The minimum absolute atomic E-state index is 0.384. The fourth-order valence-corrected chi connectivity index (χ4v) is 1.86. The summed E-state index contributed by atoms with van der Waals surface area (Å²) in [5, 5.41) is 0. The molecule has 4 N–H and O–H groups in total. The van der Waals surface area contributed by atoms with Gasteiger partial charge in [0.15, 0.2) is 0 Å². The lowest BCUT2D eigenvalue weighted by Gasteiger charge is -2.31. The van der Waals surface area contributed by atoms with Crippen LogP contribution in [0.4, 0.5) is 0 Å². The lowest BCUT2D eigenvalue weighted by Crippen LogP contribution is -2.30. The first kappa shape index (κ1) is 12.9. The van der Waals surface area contributed by atoms with Crippen molar-refractivity contribution in [2.75, 3.05) is 13.1 Å². The van der Waals surface area contributed by atoms with Crippen molar-refractivity contribution >= 4 is 0 Å². The molecule has 80 valence electrons. The number of unbranched alkanes of at least 4 members (excludes halogenated alkanes) is 1. The molecular weight excluding hydrogens is 160 g/mol. The highest BCUT2D eigenvalue weighted by atomic mass is 14.6. The number of nitrogens with two attached hydrogens (primary N) is 2. The van der Waals surface area contributed by atoms with Gasteiger partial charge in [0.25, 0.3) is 0 Å². The molecule has 0 rings (SSSR count). The van der Waals surface area contributed by atoms with Crippen molar-refractivity contribution in [3.63, 3.8) is 0 Å². The van der Waals surface area contributed by atoms with Gasteiger partial charge in [-0.05, 0) is 44.2 Å². The molecule has 0 aromatic rings. The summed E-state index contributed by atoms with van der Waals surface area (Å²) in [6.45, 7) is 6.11. The maximum Gasteiger partial charge on any atom is -0.00206 e. The third kappa shape index (κ3) is 4.63. The zero-order valence-electron chi connectivity index (χ0n) is 9.31. The quantitative estimate of drug-likeness (QED) is 0.611. The molecule has 13 heavy (non-hydrogen) atoms. The molecule has 0 saturated heterocycles. The molecule has 0 amide bonds. The number of hydrogen-bond donors (Lipinski definition) is 2. The summed E-state index contributed by atoms with van der Waals surface area (Å²) in [5.41, 5.74) is 11.8. The maximum absolute atomic E-state index is 5.86. The Hall–Kier alpha value is -0.0800. The first-order chi connectivity index (χ1) is 6.24. The van der Waals surface area contributed by atoms with Crippen molar-refractivity contribution in [3.8, 4) is 0 Å². The van der Waals surface area contributed by atoms with Crippen molar-refractivity contribution in [1.29, 1.82) is 0 Å². The van der Waals surface area contributed by atoms with Crippen LogP contribution in [0.2, 0.25) is 0 Å². The third-order valence-electron chi connectivity index (χ3n) is 3.15. The minimum Gasteiger partial charge on any atom is -0.330 e. The van der Waals surface area contributed by atoms with Gasteiger partial charge in [-0.3, -0.25) is 0 Å². The maximum atomic E-state index is 5.86. The first-order valence-electron chi connectivity index (χ1n) is 5.64. The van der Waals surface area contributed by atoms with E-state index in [2.05, 4.69) is 13.8 Å². The molecule has 0 aliphatic heterocycles. The average molecular weight is 186 g/mol. The zero-order chi connectivity index (χ0) is 10.2. The van der Waals surface area contributed by atoms with E-state index in [0.717, 1.165) is 19.5 Å². The Morgan fingerprint density at radius 2 is 1.62 bits per heavy atom. The Kier molecular flexibility index (Phi) is 7.29. The van der Waals surface area contributed by atoms with Crippen LogP contribution in [-0.4, -0.2) is 13.1 Å². The second-order valence-electron chi connectivity index (χ2n) is 4.05. The standard InChI is InChI=1S/C11H26N2/c1-3-5-7-11(4-2,10-13)8-6-9-12/h3-10,12-13H2,1-2H3. The smallest absolute Gasteiger partial charge is 0.00206 e. The Bertz CT molecular complexity index is 98.7. The van der Waals surface area contributed by atoms with Crippen molar-refractivity contribution in [3.05, 3.63) is 0 Å². The van der Waals surface area contributed by atoms with Crippen LogP contribution in [0.25, 0.3) is 0 Å². The first-order valence-corrected chi connectivity index (χ1v) is 5.64. The van der Waals surface area contributed by atoms with Crippen molar-refractivity contribution in [2.45, 2.75) is 52.4 Å². The van der Waals surface area contributed by atoms with Gasteiger partial charge in [0.2, 0.25) is 0 Å². The van der Waals surface area contributed by atoms with Crippen LogP contribution in [-0.2, 0) is 0 Å². The van der Waals surface area contributed by atoms with Crippen molar-refractivity contribution in [2.24, 2.45) is 16.9 Å². The van der Waals surface area contributed by atoms with Crippen LogP contribution in [0.15, 0.2) is 0 Å². The molecule has 0 aromatic heterocycles. The topological polar surface area (TPSA) is 52.0 Å². The van der Waals surface area contributed by atoms with E-state index in [1.165, 1.54) is 32.1 Å². The Morgan fingerprint density at radius 1 is 1.00 bits per heavy atom. The van der Waals surface area contributed by atoms with Gasteiger partial charge in [-0.15, -0.1) is 0 Å². The summed E-state index contributed by atoms with van der Waals surface area (Å²) in [6, 6.07) is 0. The zero-order valence-corrected chi connectivity index (χ0v) is 9.31. The summed E-state index contributed by atoms with van der Waals surface area (Å²) in [4.78, 5) is 0. The minimum atomic E-state index is 0.384. The van der Waals surface area contributed by atoms with Crippen LogP contribution in [0, 0.1) is 5.41 Å². The van der Waals surface area contributed by atoms with Crippen LogP contribution in [0.5, 0.6) is 0 Å². The van der Waals surface area contributed by atoms with Crippen molar-refractivity contribution in [1.82, 2.24) is 0 Å². The highest BCUT2D eigenvalue weighted by Gasteiger charge is 2.24. The predicted octanol–water partition coefficient (Wildman–Crippen LogP) is 2.27. The lowest BCUT2D eigenvalue weighted by atomic mass is 9.76. The van der Waals surface area contributed by atoms with E-state index in [-0.39, 0.29) is 0 Å². The van der Waals surface area contributed by atoms with E-state index in [0.29, 0.717) is 5.41 Å². The van der Waals surface area contributed by atoms with Gasteiger partial charge in [-0.1, -0.05) is 26.7 Å². The SMILES string of the molecule is CCCCC(CC)(CN)CCCN. The molecule has 1 unspecified atom stereocenters. The highest BCUT2D eigenvalue weighted by molar-refractivity contribution is 4.78. The van der Waals surface area contributed by atoms with Gasteiger partial charge < -0.3 is 11.5 Å². The third-order valence-corrected chi connectivity index (χ3v) is 3.15. The van der Waals surface area contributed by atoms with Crippen LogP contribution >= 0.6 is 0 Å². The van der Waals surface area contributed by atoms with E-state index < -0.39 is 0 Å². The lowest BCUT2D eigenvalue weighted by molar-refractivity contribution is 0.228. The predicted molar refractivity (Wildman–Crippen MR) is 59.6 cm³/mol. The van der Waals surface area contributed by atoms with E-state index in [1.807, 2.05) is 0 Å². The molecule has 0 aliphatic rings. The van der Waals surface area contributed by atoms with Crippen LogP contribution in [0.1, 0.15) is 52.4 Å². The molecule has 0 aromatic carbocycles. The van der Waals surface area contributed by atoms with Crippen molar-refractivity contribution < 1.29 is 0 Å². The monoisotopic (exact) mass is 186 g/mol. The summed E-state index contributed by atoms with van der Waals surface area (Å²) >= 11 is 0. The van der Waals surface area contributed by atoms with Gasteiger partial charge in [-0.2, -0.15) is 0 Å². The summed E-state index contributed by atoms with van der Waals surface area (Å²) in [6.07, 6.45) is 7.37. The molecule has 0 aliphatic carbocycles. The average Bonchev–Trinajstić information content (AvgIpc) is 2.20. The van der Waals surface area contributed by atoms with E-state index in [1.54, 1.807) is 0 Å². The van der Waals surface area contributed by atoms with E-state index in [9.17, 15) is 0 Å². The summed E-state index contributed by atoms with van der Waals surface area (Å²) < 4.78 is 0. The molecule has 2 nitrogen and oxygen atoms in total. The van der Waals surface area contributed by atoms with E-state index >= 15 is 0 Å². The summed E-state index contributed by atoms with van der Waals surface area (Å²) in [5.74, 6) is 0. The molecule has 0 fully saturated rings. The second kappa shape index (κ2) is 7.34. The number of hydrogen-bond acceptors (Lipinski definition) is 2. The molecule has 0 bridgehead atoms. The van der Waals surface area contributed by atoms with Gasteiger partial charge in [-0.25, -0.2) is 0 Å². The molecular formula is C11H26N2. The molecule has 0 saturated carbocycles. The van der Waals surface area contributed by atoms with Gasteiger partial charge >= 0.3 is 0 Å². The van der Waals surface area contributed by atoms with Gasteiger partial charge in [0.05, 0.1) is 0 Å². The largest absolute Gasteiger partial charge is 0.330 e. The molecule has 2 heteroatoms. The van der Waals surface area contributed by atoms with Crippen LogP contribution < -0.4 is 11.5 Å². The van der Waals surface area contributed by atoms with Crippen LogP contribution in [0.3, 0.4) is 0 Å². The summed E-state index contributed by atoms with van der Waals surface area (Å²) in [7, 11) is 0. The van der Waals surface area contributed by atoms with E-state index in [4.69, 9.17) is 11.5 Å². The second-order valence-corrected chi connectivity index (χ2v) is 4.05. The molecule has 0 heterocycles. The molecule has 0 radical (unpaired) electrons. The normalized spacial score (nSPS) is 15.7. The Labute approximate surface area is 83.1 Å². The molecule has 0 spiro atoms. The Morgan fingerprint density at radius 3 is 2.00 bits per heavy atom. The fraction of sp³-hybridized carbons (Fsp3) is 1.00. The van der Waals surface area contributed by atoms with Gasteiger partial charge in [0.1, 0.15) is 0 Å². The fourth-order valence-electron chi connectivity index (χ4n) is 1.86. The number of rotatable bonds is 8. The molecule has 1 atom stereocenters. The Balaban J connectivity index is 3.97. The highest BCUT2D eigenvalue weighted by Crippen LogP contribution is 2.32.